The zero-order valence-corrected chi connectivity index (χ0v) is 15.0. The third-order valence-corrected chi connectivity index (χ3v) is 4.49. The average Bonchev–Trinajstić information content (AvgIpc) is 2.65. The van der Waals surface area contributed by atoms with E-state index in [0.29, 0.717) is 5.69 Å². The van der Waals surface area contributed by atoms with E-state index in [-0.39, 0.29) is 23.3 Å². The molecular weight excluding hydrogens is 335 g/mol. The predicted octanol–water partition coefficient (Wildman–Crippen LogP) is 3.56. The van der Waals surface area contributed by atoms with Gasteiger partial charge in [-0.3, -0.25) is 4.79 Å². The number of ether oxygens (including phenoxy) is 2. The van der Waals surface area contributed by atoms with Crippen molar-refractivity contribution in [1.29, 1.82) is 0 Å². The van der Waals surface area contributed by atoms with Gasteiger partial charge in [-0.15, -0.1) is 0 Å². The Morgan fingerprint density at radius 2 is 1.85 bits per heavy atom. The van der Waals surface area contributed by atoms with Crippen LogP contribution >= 0.6 is 0 Å². The number of likely N-dealkylation sites (tertiary alicyclic amines) is 1. The summed E-state index contributed by atoms with van der Waals surface area (Å²) in [5.41, 5.74) is 0.858. The van der Waals surface area contributed by atoms with Crippen LogP contribution in [0.4, 0.5) is 10.1 Å². The molecule has 1 aliphatic rings. The van der Waals surface area contributed by atoms with E-state index < -0.39 is 5.82 Å². The van der Waals surface area contributed by atoms with E-state index in [1.165, 1.54) is 19.2 Å². The minimum atomic E-state index is -0.568. The van der Waals surface area contributed by atoms with E-state index in [2.05, 4.69) is 17.3 Å². The van der Waals surface area contributed by atoms with Gasteiger partial charge < -0.3 is 19.7 Å². The fourth-order valence-electron chi connectivity index (χ4n) is 2.92. The van der Waals surface area contributed by atoms with Gasteiger partial charge in [0.05, 0.1) is 7.11 Å². The number of hydrogen-bond donors (Lipinski definition) is 1. The highest BCUT2D eigenvalue weighted by Crippen LogP contribution is 2.22. The van der Waals surface area contributed by atoms with Crippen LogP contribution in [-0.2, 0) is 0 Å². The van der Waals surface area contributed by atoms with Crippen LogP contribution in [0.25, 0.3) is 0 Å². The Bertz CT molecular complexity index is 756. The van der Waals surface area contributed by atoms with Gasteiger partial charge in [-0.2, -0.15) is 0 Å². The largest absolute Gasteiger partial charge is 0.494 e. The summed E-state index contributed by atoms with van der Waals surface area (Å²) in [5, 5.41) is 2.75. The molecule has 0 spiro atoms. The van der Waals surface area contributed by atoms with Crippen molar-refractivity contribution in [2.45, 2.75) is 18.9 Å². The van der Waals surface area contributed by atoms with Crippen molar-refractivity contribution in [2.24, 2.45) is 0 Å². The van der Waals surface area contributed by atoms with Crippen molar-refractivity contribution in [1.82, 2.24) is 4.90 Å². The molecule has 1 fully saturated rings. The number of carbonyl (C=O) groups excluding carboxylic acids is 1. The molecule has 6 heteroatoms. The number of methoxy groups -OCH3 is 1. The minimum Gasteiger partial charge on any atom is -0.494 e. The molecule has 1 amide bonds. The lowest BCUT2D eigenvalue weighted by molar-refractivity contribution is 0.102. The number of rotatable bonds is 5. The highest BCUT2D eigenvalue weighted by molar-refractivity contribution is 6.04. The molecule has 5 nitrogen and oxygen atoms in total. The molecule has 1 N–H and O–H groups in total. The van der Waals surface area contributed by atoms with E-state index in [0.717, 1.165) is 37.7 Å². The van der Waals surface area contributed by atoms with Gasteiger partial charge >= 0.3 is 0 Å². The summed E-state index contributed by atoms with van der Waals surface area (Å²) in [6, 6.07) is 11.3. The van der Waals surface area contributed by atoms with Gasteiger partial charge in [0.1, 0.15) is 11.9 Å². The van der Waals surface area contributed by atoms with Crippen LogP contribution in [-0.4, -0.2) is 44.2 Å². The Morgan fingerprint density at radius 3 is 2.46 bits per heavy atom. The van der Waals surface area contributed by atoms with Gasteiger partial charge in [0.25, 0.3) is 5.91 Å². The summed E-state index contributed by atoms with van der Waals surface area (Å²) in [5.74, 6) is -0.0532. The number of piperidine rings is 1. The molecule has 1 heterocycles. The molecule has 0 bridgehead atoms. The molecule has 2 aromatic rings. The molecule has 0 radical (unpaired) electrons. The van der Waals surface area contributed by atoms with Crippen molar-refractivity contribution >= 4 is 11.6 Å². The van der Waals surface area contributed by atoms with Gasteiger partial charge in [-0.05, 0) is 62.4 Å². The molecular formula is C20H23FN2O3. The molecule has 0 saturated carbocycles. The maximum absolute atomic E-state index is 13.7. The van der Waals surface area contributed by atoms with Crippen LogP contribution in [0.5, 0.6) is 11.5 Å². The third kappa shape index (κ3) is 4.52. The van der Waals surface area contributed by atoms with Crippen LogP contribution in [0.15, 0.2) is 42.5 Å². The average molecular weight is 358 g/mol. The van der Waals surface area contributed by atoms with Crippen molar-refractivity contribution in [3.8, 4) is 11.5 Å². The third-order valence-electron chi connectivity index (χ3n) is 4.49. The van der Waals surface area contributed by atoms with Crippen LogP contribution < -0.4 is 14.8 Å². The number of halogens is 1. The van der Waals surface area contributed by atoms with Crippen LogP contribution in [0.1, 0.15) is 23.2 Å². The molecule has 138 valence electrons. The minimum absolute atomic E-state index is 0.108. The number of carbonyl (C=O) groups is 1. The van der Waals surface area contributed by atoms with Gasteiger partial charge in [-0.1, -0.05) is 0 Å². The van der Waals surface area contributed by atoms with Crippen molar-refractivity contribution in [3.63, 3.8) is 0 Å². The van der Waals surface area contributed by atoms with E-state index in [4.69, 9.17) is 9.47 Å². The molecule has 0 aliphatic carbocycles. The Kier molecular flexibility index (Phi) is 5.73. The van der Waals surface area contributed by atoms with Gasteiger partial charge in [0.2, 0.25) is 0 Å². The van der Waals surface area contributed by atoms with Gasteiger partial charge in [0.15, 0.2) is 11.6 Å². The number of nitrogens with one attached hydrogen (secondary N) is 1. The lowest BCUT2D eigenvalue weighted by atomic mass is 10.1. The zero-order valence-electron chi connectivity index (χ0n) is 15.0. The molecule has 0 unspecified atom stereocenters. The highest BCUT2D eigenvalue weighted by Gasteiger charge is 2.18. The number of amides is 1. The normalized spacial score (nSPS) is 15.5. The first-order valence-electron chi connectivity index (χ1n) is 8.65. The number of anilines is 1. The first-order chi connectivity index (χ1) is 12.5. The Morgan fingerprint density at radius 1 is 1.15 bits per heavy atom. The fraction of sp³-hybridized carbons (Fsp3) is 0.350. The van der Waals surface area contributed by atoms with Gasteiger partial charge in [-0.25, -0.2) is 4.39 Å². The van der Waals surface area contributed by atoms with Crippen LogP contribution in [0.2, 0.25) is 0 Å². The first-order valence-corrected chi connectivity index (χ1v) is 8.65. The predicted molar refractivity (Wildman–Crippen MR) is 98.5 cm³/mol. The second-order valence-corrected chi connectivity index (χ2v) is 6.45. The van der Waals surface area contributed by atoms with E-state index in [1.807, 2.05) is 12.1 Å². The monoisotopic (exact) mass is 358 g/mol. The van der Waals surface area contributed by atoms with Crippen molar-refractivity contribution in [2.75, 3.05) is 32.6 Å². The van der Waals surface area contributed by atoms with Gasteiger partial charge in [0, 0.05) is 24.3 Å². The Labute approximate surface area is 152 Å². The summed E-state index contributed by atoms with van der Waals surface area (Å²) in [6.45, 7) is 2.08. The lowest BCUT2D eigenvalue weighted by Crippen LogP contribution is -2.35. The van der Waals surface area contributed by atoms with E-state index in [9.17, 15) is 9.18 Å². The lowest BCUT2D eigenvalue weighted by Gasteiger charge is -2.29. The zero-order chi connectivity index (χ0) is 18.5. The second kappa shape index (κ2) is 8.19. The number of hydrogen-bond acceptors (Lipinski definition) is 4. The Hall–Kier alpha value is -2.60. The fourth-order valence-corrected chi connectivity index (χ4v) is 2.92. The summed E-state index contributed by atoms with van der Waals surface area (Å²) >= 11 is 0. The maximum Gasteiger partial charge on any atom is 0.255 e. The van der Waals surface area contributed by atoms with Crippen LogP contribution in [0.3, 0.4) is 0 Å². The van der Waals surface area contributed by atoms with E-state index in [1.54, 1.807) is 12.1 Å². The molecule has 2 aromatic carbocycles. The molecule has 1 aliphatic heterocycles. The molecule has 3 rings (SSSR count). The number of nitrogens with zero attached hydrogens (tertiary/aromatic N) is 1. The summed E-state index contributed by atoms with van der Waals surface area (Å²) in [7, 11) is 3.50. The van der Waals surface area contributed by atoms with Crippen LogP contribution in [0, 0.1) is 5.82 Å². The number of benzene rings is 2. The topological polar surface area (TPSA) is 50.8 Å². The van der Waals surface area contributed by atoms with Crippen molar-refractivity contribution < 1.29 is 18.7 Å². The Balaban J connectivity index is 1.58. The smallest absolute Gasteiger partial charge is 0.255 e. The quantitative estimate of drug-likeness (QED) is 0.888. The molecule has 0 atom stereocenters. The summed E-state index contributed by atoms with van der Waals surface area (Å²) in [6.07, 6.45) is 2.25. The van der Waals surface area contributed by atoms with E-state index >= 15 is 0 Å². The molecule has 26 heavy (non-hydrogen) atoms. The first kappa shape index (κ1) is 18.2. The SMILES string of the molecule is COc1ccc(C(=O)Nc2ccc(OC3CCN(C)CC3)cc2)cc1F. The standard InChI is InChI=1S/C20H23FN2O3/c1-23-11-9-17(10-12-23)26-16-6-4-15(5-7-16)22-20(24)14-3-8-19(25-2)18(21)13-14/h3-8,13,17H,9-12H2,1-2H3,(H,22,24). The highest BCUT2D eigenvalue weighted by atomic mass is 19.1. The second-order valence-electron chi connectivity index (χ2n) is 6.45. The summed E-state index contributed by atoms with van der Waals surface area (Å²) < 4.78 is 24.6. The molecule has 1 saturated heterocycles. The summed E-state index contributed by atoms with van der Waals surface area (Å²) in [4.78, 5) is 14.5. The molecule has 0 aromatic heterocycles. The maximum atomic E-state index is 13.7. The van der Waals surface area contributed by atoms with Crippen molar-refractivity contribution in [3.05, 3.63) is 53.8 Å².